The molecule has 3 rings (SSSR count). The molecule has 1 saturated heterocycles. The maximum Gasteiger partial charge on any atom is 0.238 e. The molecule has 1 amide bonds. The zero-order chi connectivity index (χ0) is 18.7. The second-order valence-electron chi connectivity index (χ2n) is 6.78. The van der Waals surface area contributed by atoms with E-state index < -0.39 is 16.1 Å². The van der Waals surface area contributed by atoms with Crippen LogP contribution in [0.3, 0.4) is 0 Å². The maximum absolute atomic E-state index is 12.9. The Kier molecular flexibility index (Phi) is 5.72. The van der Waals surface area contributed by atoms with E-state index in [4.69, 9.17) is 9.47 Å². The van der Waals surface area contributed by atoms with E-state index in [0.717, 1.165) is 18.4 Å². The number of carbonyl (C=O) groups excluding carboxylic acids is 1. The van der Waals surface area contributed by atoms with E-state index in [1.807, 2.05) is 32.0 Å². The Labute approximate surface area is 154 Å². The Morgan fingerprint density at radius 1 is 1.31 bits per heavy atom. The van der Waals surface area contributed by atoms with Gasteiger partial charge in [-0.3, -0.25) is 4.79 Å². The molecular formula is C18H26N2O5S. The molecule has 1 aromatic rings. The number of unbranched alkanes of at least 4 members (excludes halogenated alkanes) is 1. The van der Waals surface area contributed by atoms with E-state index in [1.165, 1.54) is 4.31 Å². The molecule has 0 spiro atoms. The molecule has 1 fully saturated rings. The highest BCUT2D eigenvalue weighted by Crippen LogP contribution is 2.34. The van der Waals surface area contributed by atoms with Gasteiger partial charge in [-0.25, -0.2) is 8.42 Å². The summed E-state index contributed by atoms with van der Waals surface area (Å²) in [6.45, 7) is 4.53. The van der Waals surface area contributed by atoms with Gasteiger partial charge in [0.1, 0.15) is 6.04 Å². The fourth-order valence-corrected chi connectivity index (χ4v) is 5.11. The number of benzene rings is 1. The summed E-state index contributed by atoms with van der Waals surface area (Å²) in [5.41, 5.74) is 0.890. The summed E-state index contributed by atoms with van der Waals surface area (Å²) in [7, 11) is -3.33. The molecule has 2 heterocycles. The molecule has 2 aliphatic heterocycles. The van der Waals surface area contributed by atoms with Gasteiger partial charge in [0.05, 0.1) is 11.8 Å². The molecular weight excluding hydrogens is 356 g/mol. The van der Waals surface area contributed by atoms with E-state index in [-0.39, 0.29) is 24.5 Å². The van der Waals surface area contributed by atoms with Crippen LogP contribution in [0.15, 0.2) is 18.2 Å². The molecule has 8 heteroatoms. The quantitative estimate of drug-likeness (QED) is 0.781. The van der Waals surface area contributed by atoms with E-state index in [9.17, 15) is 13.2 Å². The van der Waals surface area contributed by atoms with Gasteiger partial charge in [-0.15, -0.1) is 0 Å². The third-order valence-corrected chi connectivity index (χ3v) is 6.83. The summed E-state index contributed by atoms with van der Waals surface area (Å²) in [5, 5.41) is 2.97. The smallest absolute Gasteiger partial charge is 0.238 e. The Balaban J connectivity index is 1.72. The van der Waals surface area contributed by atoms with Crippen molar-refractivity contribution in [2.45, 2.75) is 51.6 Å². The second kappa shape index (κ2) is 7.84. The van der Waals surface area contributed by atoms with Gasteiger partial charge in [-0.1, -0.05) is 25.8 Å². The van der Waals surface area contributed by atoms with Gasteiger partial charge >= 0.3 is 0 Å². The van der Waals surface area contributed by atoms with Gasteiger partial charge < -0.3 is 14.8 Å². The van der Waals surface area contributed by atoms with E-state index >= 15 is 0 Å². The molecule has 7 nitrogen and oxygen atoms in total. The fraction of sp³-hybridized carbons (Fsp3) is 0.611. The average Bonchev–Trinajstić information content (AvgIpc) is 3.20. The molecule has 0 saturated carbocycles. The van der Waals surface area contributed by atoms with Crippen LogP contribution in [0.1, 0.15) is 51.1 Å². The predicted molar refractivity (Wildman–Crippen MR) is 97.5 cm³/mol. The lowest BCUT2D eigenvalue weighted by atomic mass is 10.1. The van der Waals surface area contributed by atoms with E-state index in [1.54, 1.807) is 0 Å². The van der Waals surface area contributed by atoms with Crippen LogP contribution in [-0.2, 0) is 14.8 Å². The summed E-state index contributed by atoms with van der Waals surface area (Å²) in [6.07, 6.45) is 2.84. The molecule has 0 aromatic heterocycles. The lowest BCUT2D eigenvalue weighted by Crippen LogP contribution is -2.48. The van der Waals surface area contributed by atoms with Gasteiger partial charge in [-0.2, -0.15) is 4.31 Å². The Hall–Kier alpha value is -1.80. The van der Waals surface area contributed by atoms with Crippen LogP contribution in [0.5, 0.6) is 11.5 Å². The summed E-state index contributed by atoms with van der Waals surface area (Å²) in [5.74, 6) is 1.24. The van der Waals surface area contributed by atoms with Crippen molar-refractivity contribution in [1.29, 1.82) is 0 Å². The van der Waals surface area contributed by atoms with Crippen molar-refractivity contribution >= 4 is 15.9 Å². The topological polar surface area (TPSA) is 84.9 Å². The highest BCUT2D eigenvalue weighted by molar-refractivity contribution is 7.89. The van der Waals surface area contributed by atoms with Crippen LogP contribution in [0.4, 0.5) is 0 Å². The number of amides is 1. The first kappa shape index (κ1) is 19.0. The minimum absolute atomic E-state index is 0.126. The molecule has 0 radical (unpaired) electrons. The number of nitrogens with zero attached hydrogens (tertiary/aromatic N) is 1. The summed E-state index contributed by atoms with van der Waals surface area (Å²) < 4.78 is 36.6. The number of ether oxygens (including phenoxy) is 2. The monoisotopic (exact) mass is 382 g/mol. The standard InChI is InChI=1S/C18H26N2O5S/c1-3-4-6-15(20-9-5-10-26(20,22)23)18(21)19-13(2)14-7-8-16-17(11-14)25-12-24-16/h7-8,11,13,15H,3-6,9-10,12H2,1-2H3,(H,19,21)/t13-,15+/m1/s1. The minimum Gasteiger partial charge on any atom is -0.454 e. The van der Waals surface area contributed by atoms with Crippen molar-refractivity contribution < 1.29 is 22.7 Å². The van der Waals surface area contributed by atoms with Gasteiger partial charge in [0.2, 0.25) is 22.7 Å². The number of rotatable bonds is 7. The van der Waals surface area contributed by atoms with Crippen molar-refractivity contribution in [3.05, 3.63) is 23.8 Å². The third kappa shape index (κ3) is 3.96. The van der Waals surface area contributed by atoms with E-state index in [0.29, 0.717) is 30.9 Å². The van der Waals surface area contributed by atoms with Crippen molar-refractivity contribution in [3.63, 3.8) is 0 Å². The van der Waals surface area contributed by atoms with Gasteiger partial charge in [-0.05, 0) is 37.5 Å². The largest absolute Gasteiger partial charge is 0.454 e. The SMILES string of the molecule is CCCC[C@@H](C(=O)N[C@H](C)c1ccc2c(c1)OCO2)N1CCCS1(=O)=O. The first-order chi connectivity index (χ1) is 12.4. The van der Waals surface area contributed by atoms with Crippen molar-refractivity contribution in [2.24, 2.45) is 0 Å². The lowest BCUT2D eigenvalue weighted by molar-refractivity contribution is -0.125. The molecule has 0 unspecified atom stereocenters. The first-order valence-corrected chi connectivity index (χ1v) is 10.7. The molecule has 0 aliphatic carbocycles. The van der Waals surface area contributed by atoms with Crippen molar-refractivity contribution in [1.82, 2.24) is 9.62 Å². The third-order valence-electron chi connectivity index (χ3n) is 4.87. The number of fused-ring (bicyclic) bond motifs is 1. The van der Waals surface area contributed by atoms with Crippen LogP contribution < -0.4 is 14.8 Å². The molecule has 2 atom stereocenters. The van der Waals surface area contributed by atoms with Crippen molar-refractivity contribution in [3.8, 4) is 11.5 Å². The number of sulfonamides is 1. The summed E-state index contributed by atoms with van der Waals surface area (Å²) in [6, 6.07) is 4.65. The molecule has 1 N–H and O–H groups in total. The Morgan fingerprint density at radius 3 is 2.77 bits per heavy atom. The minimum atomic E-state index is -3.33. The molecule has 26 heavy (non-hydrogen) atoms. The predicted octanol–water partition coefficient (Wildman–Crippen LogP) is 2.19. The van der Waals surface area contributed by atoms with Crippen molar-refractivity contribution in [2.75, 3.05) is 19.1 Å². The Bertz CT molecular complexity index is 765. The number of nitrogens with one attached hydrogen (secondary N) is 1. The number of carbonyl (C=O) groups is 1. The zero-order valence-electron chi connectivity index (χ0n) is 15.2. The number of hydrogen-bond acceptors (Lipinski definition) is 5. The van der Waals surface area contributed by atoms with Crippen LogP contribution in [0.2, 0.25) is 0 Å². The summed E-state index contributed by atoms with van der Waals surface area (Å²) in [4.78, 5) is 12.9. The van der Waals surface area contributed by atoms with Gasteiger partial charge in [0.15, 0.2) is 11.5 Å². The number of hydrogen-bond donors (Lipinski definition) is 1. The lowest BCUT2D eigenvalue weighted by Gasteiger charge is -2.27. The highest BCUT2D eigenvalue weighted by atomic mass is 32.2. The van der Waals surface area contributed by atoms with Gasteiger partial charge in [0, 0.05) is 6.54 Å². The first-order valence-electron chi connectivity index (χ1n) is 9.12. The van der Waals surface area contributed by atoms with Crippen LogP contribution >= 0.6 is 0 Å². The normalized spacial score (nSPS) is 20.7. The molecule has 144 valence electrons. The average molecular weight is 382 g/mol. The second-order valence-corrected chi connectivity index (χ2v) is 8.82. The summed E-state index contributed by atoms with van der Waals surface area (Å²) >= 11 is 0. The highest BCUT2D eigenvalue weighted by Gasteiger charge is 2.38. The van der Waals surface area contributed by atoms with Gasteiger partial charge in [0.25, 0.3) is 0 Å². The fourth-order valence-electron chi connectivity index (χ4n) is 3.39. The Morgan fingerprint density at radius 2 is 2.08 bits per heavy atom. The van der Waals surface area contributed by atoms with Crippen LogP contribution in [0.25, 0.3) is 0 Å². The maximum atomic E-state index is 12.9. The van der Waals surface area contributed by atoms with E-state index in [2.05, 4.69) is 5.32 Å². The van der Waals surface area contributed by atoms with Crippen LogP contribution in [0, 0.1) is 0 Å². The molecule has 1 aromatic carbocycles. The zero-order valence-corrected chi connectivity index (χ0v) is 16.0. The van der Waals surface area contributed by atoms with Crippen LogP contribution in [-0.4, -0.2) is 43.8 Å². The molecule has 0 bridgehead atoms. The molecule has 2 aliphatic rings.